The molecule has 1 aliphatic heterocycles. The van der Waals surface area contributed by atoms with E-state index in [-0.39, 0.29) is 11.5 Å². The minimum absolute atomic E-state index is 0.113. The predicted molar refractivity (Wildman–Crippen MR) is 110 cm³/mol. The molecule has 1 heterocycles. The molecule has 1 fully saturated rings. The number of aliphatic hydroxyl groups is 4. The predicted octanol–water partition coefficient (Wildman–Crippen LogP) is 0.866. The van der Waals surface area contributed by atoms with Crippen molar-refractivity contribution >= 4 is 10.4 Å². The topological polar surface area (TPSA) is 152 Å². The Kier molecular flexibility index (Phi) is 10.4. The number of ether oxygens (including phenoxy) is 2. The van der Waals surface area contributed by atoms with Gasteiger partial charge in [0.25, 0.3) is 0 Å². The second-order valence-corrected chi connectivity index (χ2v) is 8.52. The molecular weight excluding hydrogens is 432 g/mol. The Hall–Kier alpha value is -1.47. The van der Waals surface area contributed by atoms with E-state index in [4.69, 9.17) is 17.8 Å². The molecule has 0 amide bonds. The van der Waals surface area contributed by atoms with Crippen molar-refractivity contribution in [2.45, 2.75) is 76.2 Å². The third kappa shape index (κ3) is 7.86. The van der Waals surface area contributed by atoms with Crippen molar-refractivity contribution in [1.82, 2.24) is 0 Å². The summed E-state index contributed by atoms with van der Waals surface area (Å²) in [4.78, 5) is 0. The van der Waals surface area contributed by atoms with Gasteiger partial charge in [-0.15, -0.1) is 0 Å². The van der Waals surface area contributed by atoms with Crippen LogP contribution < -0.4 is 8.92 Å². The number of unbranched alkanes of at least 4 members (excludes halogenated alkanes) is 5. The van der Waals surface area contributed by atoms with Crippen LogP contribution in [-0.2, 0) is 19.3 Å². The largest absolute Gasteiger partial charge is 0.490 e. The number of benzene rings is 1. The Morgan fingerprint density at radius 2 is 1.58 bits per heavy atom. The molecule has 11 heteroatoms. The van der Waals surface area contributed by atoms with Crippen LogP contribution in [0.3, 0.4) is 0 Å². The second-order valence-electron chi connectivity index (χ2n) is 7.35. The van der Waals surface area contributed by atoms with Crippen LogP contribution in [0.5, 0.6) is 11.5 Å². The molecule has 1 aromatic carbocycles. The van der Waals surface area contributed by atoms with Crippen LogP contribution in [0, 0.1) is 0 Å². The Morgan fingerprint density at radius 3 is 2.26 bits per heavy atom. The van der Waals surface area contributed by atoms with Gasteiger partial charge in [-0.25, -0.2) is 4.18 Å². The summed E-state index contributed by atoms with van der Waals surface area (Å²) in [5.74, 6) is 0.0927. The number of aliphatic hydroxyl groups excluding tert-OH is 4. The third-order valence-corrected chi connectivity index (χ3v) is 5.67. The fourth-order valence-electron chi connectivity index (χ4n) is 3.10. The zero-order chi connectivity index (χ0) is 22.9. The molecule has 0 bridgehead atoms. The lowest BCUT2D eigenvalue weighted by molar-refractivity contribution is -0.277. The number of para-hydroxylation sites is 2. The first-order chi connectivity index (χ1) is 14.8. The van der Waals surface area contributed by atoms with E-state index in [0.717, 1.165) is 19.3 Å². The van der Waals surface area contributed by atoms with Crippen molar-refractivity contribution in [3.05, 3.63) is 24.3 Å². The highest BCUT2D eigenvalue weighted by atomic mass is 32.3. The van der Waals surface area contributed by atoms with Crippen LogP contribution in [0.1, 0.15) is 45.4 Å². The molecule has 0 radical (unpaired) electrons. The first-order valence-corrected chi connectivity index (χ1v) is 11.8. The number of hydrogen-bond acceptors (Lipinski definition) is 10. The lowest BCUT2D eigenvalue weighted by Gasteiger charge is -2.38. The zero-order valence-electron chi connectivity index (χ0n) is 17.5. The van der Waals surface area contributed by atoms with Crippen LogP contribution in [0.2, 0.25) is 0 Å². The standard InChI is InChI=1S/C20H32O10S/c1-2-3-4-5-6-9-12-27-14-10-7-8-11-15(14)29-31(25,26)30-20-19(24)18(23)17(22)16(13-21)28-20/h7-8,10-11,16-24H,2-6,9,12-13H2,1H3/t16-,17+,18+,19-,20+/m1/s1. The van der Waals surface area contributed by atoms with Crippen LogP contribution >= 0.6 is 0 Å². The van der Waals surface area contributed by atoms with E-state index in [2.05, 4.69) is 6.92 Å². The van der Waals surface area contributed by atoms with Gasteiger partial charge in [0, 0.05) is 0 Å². The summed E-state index contributed by atoms with van der Waals surface area (Å²) >= 11 is 0. The molecule has 10 nitrogen and oxygen atoms in total. The lowest BCUT2D eigenvalue weighted by Crippen LogP contribution is -2.59. The molecule has 178 valence electrons. The van der Waals surface area contributed by atoms with E-state index in [0.29, 0.717) is 6.61 Å². The van der Waals surface area contributed by atoms with Crippen molar-refractivity contribution in [2.24, 2.45) is 0 Å². The van der Waals surface area contributed by atoms with Crippen molar-refractivity contribution < 1.29 is 46.7 Å². The molecule has 0 unspecified atom stereocenters. The van der Waals surface area contributed by atoms with Gasteiger partial charge in [0.05, 0.1) is 13.2 Å². The molecule has 0 saturated carbocycles. The summed E-state index contributed by atoms with van der Waals surface area (Å²) in [6.45, 7) is 1.82. The first kappa shape index (κ1) is 25.8. The van der Waals surface area contributed by atoms with Crippen LogP contribution in [0.15, 0.2) is 24.3 Å². The lowest BCUT2D eigenvalue weighted by atomic mass is 10.00. The minimum Gasteiger partial charge on any atom is -0.490 e. The maximum Gasteiger partial charge on any atom is 0.451 e. The maximum absolute atomic E-state index is 12.3. The van der Waals surface area contributed by atoms with Gasteiger partial charge in [-0.2, -0.15) is 8.42 Å². The summed E-state index contributed by atoms with van der Waals surface area (Å²) < 4.78 is 45.0. The second kappa shape index (κ2) is 12.5. The van der Waals surface area contributed by atoms with Gasteiger partial charge < -0.3 is 34.1 Å². The summed E-state index contributed by atoms with van der Waals surface area (Å²) in [5.41, 5.74) is 0. The van der Waals surface area contributed by atoms with Gasteiger partial charge in [-0.3, -0.25) is 0 Å². The SMILES string of the molecule is CCCCCCCCOc1ccccc1OS(=O)(=O)O[C@@H]1O[C@H](CO)[C@H](O)[C@H](O)[C@H]1O. The molecule has 1 aliphatic rings. The van der Waals surface area contributed by atoms with Crippen molar-refractivity contribution in [2.75, 3.05) is 13.2 Å². The number of hydrogen-bond donors (Lipinski definition) is 4. The Balaban J connectivity index is 1.94. The molecule has 0 aromatic heterocycles. The molecule has 4 N–H and O–H groups in total. The van der Waals surface area contributed by atoms with E-state index in [1.165, 1.54) is 25.3 Å². The summed E-state index contributed by atoms with van der Waals surface area (Å²) in [7, 11) is -4.75. The fraction of sp³-hybridized carbons (Fsp3) is 0.700. The number of rotatable bonds is 13. The molecule has 2 rings (SSSR count). The zero-order valence-corrected chi connectivity index (χ0v) is 18.3. The average Bonchev–Trinajstić information content (AvgIpc) is 2.74. The van der Waals surface area contributed by atoms with Gasteiger partial charge in [0.1, 0.15) is 24.4 Å². The van der Waals surface area contributed by atoms with E-state index in [1.54, 1.807) is 18.2 Å². The summed E-state index contributed by atoms with van der Waals surface area (Å²) in [6.07, 6.45) is -2.03. The molecule has 5 atom stereocenters. The summed E-state index contributed by atoms with van der Waals surface area (Å²) in [6, 6.07) is 6.14. The molecular formula is C20H32O10S. The van der Waals surface area contributed by atoms with Crippen molar-refractivity contribution in [3.63, 3.8) is 0 Å². The van der Waals surface area contributed by atoms with E-state index >= 15 is 0 Å². The molecule has 31 heavy (non-hydrogen) atoms. The monoisotopic (exact) mass is 464 g/mol. The van der Waals surface area contributed by atoms with Gasteiger partial charge in [0.2, 0.25) is 6.29 Å². The highest BCUT2D eigenvalue weighted by molar-refractivity contribution is 7.82. The Morgan fingerprint density at radius 1 is 0.935 bits per heavy atom. The molecule has 1 aromatic rings. The highest BCUT2D eigenvalue weighted by Gasteiger charge is 2.46. The normalized spacial score (nSPS) is 26.5. The highest BCUT2D eigenvalue weighted by Crippen LogP contribution is 2.30. The smallest absolute Gasteiger partial charge is 0.451 e. The maximum atomic E-state index is 12.3. The van der Waals surface area contributed by atoms with E-state index in [1.807, 2.05) is 0 Å². The van der Waals surface area contributed by atoms with E-state index < -0.39 is 47.7 Å². The van der Waals surface area contributed by atoms with Crippen molar-refractivity contribution in [3.8, 4) is 11.5 Å². The van der Waals surface area contributed by atoms with Crippen LogP contribution in [0.25, 0.3) is 0 Å². The minimum atomic E-state index is -4.75. The van der Waals surface area contributed by atoms with Gasteiger partial charge in [-0.1, -0.05) is 51.2 Å². The fourth-order valence-corrected chi connectivity index (χ4v) is 3.88. The van der Waals surface area contributed by atoms with Crippen LogP contribution in [0.4, 0.5) is 0 Å². The van der Waals surface area contributed by atoms with Gasteiger partial charge >= 0.3 is 10.4 Å². The molecule has 0 spiro atoms. The average molecular weight is 465 g/mol. The first-order valence-electron chi connectivity index (χ1n) is 10.4. The Labute approximate surface area is 182 Å². The molecule has 1 saturated heterocycles. The molecule has 0 aliphatic carbocycles. The van der Waals surface area contributed by atoms with E-state index in [9.17, 15) is 28.8 Å². The Bertz CT molecular complexity index is 754. The quantitative estimate of drug-likeness (QED) is 0.309. The van der Waals surface area contributed by atoms with Gasteiger partial charge in [0.15, 0.2) is 11.5 Å². The van der Waals surface area contributed by atoms with Gasteiger partial charge in [-0.05, 0) is 18.6 Å². The third-order valence-electron chi connectivity index (χ3n) is 4.86. The summed E-state index contributed by atoms with van der Waals surface area (Å²) in [5, 5.41) is 38.6. The van der Waals surface area contributed by atoms with Crippen LogP contribution in [-0.4, -0.2) is 72.8 Å². The van der Waals surface area contributed by atoms with Crippen molar-refractivity contribution in [1.29, 1.82) is 0 Å².